The van der Waals surface area contributed by atoms with E-state index in [2.05, 4.69) is 10.0 Å². The zero-order chi connectivity index (χ0) is 22.6. The van der Waals surface area contributed by atoms with Crippen LogP contribution in [0.25, 0.3) is 0 Å². The molecule has 0 spiro atoms. The first-order chi connectivity index (χ1) is 15.4. The number of benzene rings is 3. The van der Waals surface area contributed by atoms with Crippen LogP contribution in [-0.2, 0) is 21.2 Å². The van der Waals surface area contributed by atoms with Crippen LogP contribution in [0, 0.1) is 5.82 Å². The Kier molecular flexibility index (Phi) is 6.38. The summed E-state index contributed by atoms with van der Waals surface area (Å²) < 4.78 is 52.7. The van der Waals surface area contributed by atoms with Gasteiger partial charge in [-0.2, -0.15) is 4.72 Å². The molecule has 9 heteroatoms. The maximum atomic E-state index is 13.2. The van der Waals surface area contributed by atoms with Crippen molar-refractivity contribution in [1.29, 1.82) is 0 Å². The predicted molar refractivity (Wildman–Crippen MR) is 117 cm³/mol. The van der Waals surface area contributed by atoms with Gasteiger partial charge in [0.05, 0.1) is 4.90 Å². The topological polar surface area (TPSA) is 93.7 Å². The molecule has 166 valence electrons. The van der Waals surface area contributed by atoms with E-state index in [0.717, 1.165) is 5.56 Å². The van der Waals surface area contributed by atoms with E-state index in [0.29, 0.717) is 30.4 Å². The van der Waals surface area contributed by atoms with Crippen LogP contribution < -0.4 is 19.5 Å². The van der Waals surface area contributed by atoms with Gasteiger partial charge in [-0.25, -0.2) is 12.8 Å². The zero-order valence-electron chi connectivity index (χ0n) is 17.0. The van der Waals surface area contributed by atoms with Crippen molar-refractivity contribution in [3.63, 3.8) is 0 Å². The van der Waals surface area contributed by atoms with Gasteiger partial charge in [-0.1, -0.05) is 30.3 Å². The summed E-state index contributed by atoms with van der Waals surface area (Å²) in [6.45, 7) is 0.709. The third-order valence-corrected chi connectivity index (χ3v) is 6.30. The molecule has 0 bridgehead atoms. The predicted octanol–water partition coefficient (Wildman–Crippen LogP) is 3.13. The zero-order valence-corrected chi connectivity index (χ0v) is 17.8. The number of ether oxygens (including phenoxy) is 2. The first-order valence-corrected chi connectivity index (χ1v) is 11.4. The number of hydrogen-bond acceptors (Lipinski definition) is 5. The molecule has 0 saturated carbocycles. The van der Waals surface area contributed by atoms with Gasteiger partial charge >= 0.3 is 0 Å². The summed E-state index contributed by atoms with van der Waals surface area (Å²) in [6.07, 6.45) is 0.123. The molecule has 0 aliphatic carbocycles. The van der Waals surface area contributed by atoms with Crippen LogP contribution in [-0.4, -0.2) is 33.6 Å². The largest absolute Gasteiger partial charge is 0.486 e. The van der Waals surface area contributed by atoms with Crippen molar-refractivity contribution in [3.8, 4) is 11.5 Å². The number of rotatable bonds is 7. The molecule has 0 aromatic heterocycles. The molecule has 4 rings (SSSR count). The number of halogens is 1. The van der Waals surface area contributed by atoms with Gasteiger partial charge in [0.25, 0.3) is 0 Å². The average molecular weight is 456 g/mol. The number of sulfonamides is 1. The van der Waals surface area contributed by atoms with Gasteiger partial charge in [0.2, 0.25) is 15.9 Å². The summed E-state index contributed by atoms with van der Waals surface area (Å²) in [5.41, 5.74) is 1.13. The minimum absolute atomic E-state index is 0.0469. The van der Waals surface area contributed by atoms with E-state index in [9.17, 15) is 17.6 Å². The van der Waals surface area contributed by atoms with Crippen LogP contribution in [0.15, 0.2) is 77.7 Å². The van der Waals surface area contributed by atoms with Crippen molar-refractivity contribution < 1.29 is 27.1 Å². The quantitative estimate of drug-likeness (QED) is 0.570. The number of amides is 1. The molecule has 32 heavy (non-hydrogen) atoms. The molecule has 3 aromatic carbocycles. The smallest absolute Gasteiger partial charge is 0.242 e. The average Bonchev–Trinajstić information content (AvgIpc) is 2.80. The number of hydrogen-bond donors (Lipinski definition) is 2. The molecular weight excluding hydrogens is 435 g/mol. The summed E-state index contributed by atoms with van der Waals surface area (Å²) in [6, 6.07) is 17.4. The van der Waals surface area contributed by atoms with Crippen LogP contribution in [0.1, 0.15) is 5.56 Å². The summed E-state index contributed by atoms with van der Waals surface area (Å²) in [7, 11) is -4.06. The van der Waals surface area contributed by atoms with E-state index in [1.807, 2.05) is 6.07 Å². The molecule has 0 saturated heterocycles. The van der Waals surface area contributed by atoms with Crippen LogP contribution in [0.2, 0.25) is 0 Å². The van der Waals surface area contributed by atoms with E-state index in [1.54, 1.807) is 24.3 Å². The molecule has 0 fully saturated rings. The second kappa shape index (κ2) is 9.37. The van der Waals surface area contributed by atoms with Crippen LogP contribution >= 0.6 is 0 Å². The Bertz CT molecular complexity index is 1200. The highest BCUT2D eigenvalue weighted by Gasteiger charge is 2.27. The lowest BCUT2D eigenvalue weighted by Crippen LogP contribution is -2.45. The normalized spacial score (nSPS) is 13.9. The second-order valence-corrected chi connectivity index (χ2v) is 8.88. The Morgan fingerprint density at radius 1 is 0.938 bits per heavy atom. The fraction of sp³-hybridized carbons (Fsp3) is 0.174. The molecule has 0 radical (unpaired) electrons. The van der Waals surface area contributed by atoms with E-state index in [-0.39, 0.29) is 11.3 Å². The summed E-state index contributed by atoms with van der Waals surface area (Å²) in [5.74, 6) is -0.218. The molecule has 1 atom stereocenters. The summed E-state index contributed by atoms with van der Waals surface area (Å²) >= 11 is 0. The van der Waals surface area contributed by atoms with Gasteiger partial charge in [-0.05, 0) is 48.4 Å². The van der Waals surface area contributed by atoms with E-state index >= 15 is 0 Å². The number of carbonyl (C=O) groups excluding carboxylic acids is 1. The minimum atomic E-state index is -4.06. The Hall–Kier alpha value is -3.43. The molecule has 1 heterocycles. The van der Waals surface area contributed by atoms with Crippen LogP contribution in [0.5, 0.6) is 11.5 Å². The Labute approximate surface area is 185 Å². The standard InChI is InChI=1S/C23H21FN2O5S/c24-17-6-8-18(9-7-17)25-23(27)20(14-16-4-2-1-3-5-16)26-32(28,29)19-10-11-21-22(15-19)31-13-12-30-21/h1-11,15,20,26H,12-14H2,(H,25,27)/t20-/m0/s1. The fourth-order valence-electron chi connectivity index (χ4n) is 3.25. The van der Waals surface area contributed by atoms with E-state index < -0.39 is 27.8 Å². The minimum Gasteiger partial charge on any atom is -0.486 e. The van der Waals surface area contributed by atoms with Crippen molar-refractivity contribution in [2.24, 2.45) is 0 Å². The first-order valence-electron chi connectivity index (χ1n) is 9.93. The van der Waals surface area contributed by atoms with E-state index in [4.69, 9.17) is 9.47 Å². The molecule has 2 N–H and O–H groups in total. The maximum absolute atomic E-state index is 13.2. The number of nitrogens with one attached hydrogen (secondary N) is 2. The van der Waals surface area contributed by atoms with Crippen molar-refractivity contribution in [1.82, 2.24) is 4.72 Å². The molecule has 3 aromatic rings. The van der Waals surface area contributed by atoms with Crippen LogP contribution in [0.3, 0.4) is 0 Å². The highest BCUT2D eigenvalue weighted by atomic mass is 32.2. The lowest BCUT2D eigenvalue weighted by molar-refractivity contribution is -0.117. The fourth-order valence-corrected chi connectivity index (χ4v) is 4.46. The SMILES string of the molecule is O=C(Nc1ccc(F)cc1)[C@H](Cc1ccccc1)NS(=O)(=O)c1ccc2c(c1)OCCO2. The van der Waals surface area contributed by atoms with Crippen molar-refractivity contribution in [2.45, 2.75) is 17.4 Å². The molecule has 7 nitrogen and oxygen atoms in total. The van der Waals surface area contributed by atoms with Gasteiger partial charge in [0.1, 0.15) is 25.1 Å². The monoisotopic (exact) mass is 456 g/mol. The lowest BCUT2D eigenvalue weighted by Gasteiger charge is -2.21. The second-order valence-electron chi connectivity index (χ2n) is 7.17. The summed E-state index contributed by atoms with van der Waals surface area (Å²) in [5, 5.41) is 2.64. The van der Waals surface area contributed by atoms with Crippen molar-refractivity contribution in [3.05, 3.63) is 84.2 Å². The van der Waals surface area contributed by atoms with Gasteiger partial charge in [0.15, 0.2) is 11.5 Å². The third-order valence-electron chi connectivity index (χ3n) is 4.83. The number of carbonyl (C=O) groups is 1. The van der Waals surface area contributed by atoms with E-state index in [1.165, 1.54) is 42.5 Å². The Morgan fingerprint density at radius 2 is 1.62 bits per heavy atom. The molecule has 1 aliphatic rings. The highest BCUT2D eigenvalue weighted by Crippen LogP contribution is 2.32. The molecule has 1 amide bonds. The molecule has 0 unspecified atom stereocenters. The van der Waals surface area contributed by atoms with Crippen molar-refractivity contribution in [2.75, 3.05) is 18.5 Å². The molecular formula is C23H21FN2O5S. The van der Waals surface area contributed by atoms with Gasteiger partial charge in [0, 0.05) is 11.8 Å². The number of anilines is 1. The maximum Gasteiger partial charge on any atom is 0.242 e. The van der Waals surface area contributed by atoms with Gasteiger partial charge in [-0.15, -0.1) is 0 Å². The van der Waals surface area contributed by atoms with Gasteiger partial charge < -0.3 is 14.8 Å². The van der Waals surface area contributed by atoms with Crippen LogP contribution in [0.4, 0.5) is 10.1 Å². The van der Waals surface area contributed by atoms with Gasteiger partial charge in [-0.3, -0.25) is 4.79 Å². The molecule has 1 aliphatic heterocycles. The third kappa shape index (κ3) is 5.24. The number of fused-ring (bicyclic) bond motifs is 1. The first kappa shape index (κ1) is 21.8. The Morgan fingerprint density at radius 3 is 2.34 bits per heavy atom. The summed E-state index contributed by atoms with van der Waals surface area (Å²) in [4.78, 5) is 12.9. The highest BCUT2D eigenvalue weighted by molar-refractivity contribution is 7.89. The Balaban J connectivity index is 1.58. The van der Waals surface area contributed by atoms with Crippen molar-refractivity contribution >= 4 is 21.6 Å². The lowest BCUT2D eigenvalue weighted by atomic mass is 10.1.